The van der Waals surface area contributed by atoms with Crippen LogP contribution in [-0.2, 0) is 13.1 Å². The molecule has 0 N–H and O–H groups in total. The van der Waals surface area contributed by atoms with Crippen LogP contribution in [0.4, 0.5) is 17.6 Å². The Morgan fingerprint density at radius 2 is 2.12 bits per heavy atom. The fourth-order valence-electron chi connectivity index (χ4n) is 1.32. The summed E-state index contributed by atoms with van der Waals surface area (Å²) in [5, 5.41) is 8.53. The molecule has 0 fully saturated rings. The molecule has 0 aliphatic heterocycles. The number of ether oxygens (including phenoxy) is 1. The van der Waals surface area contributed by atoms with Crippen LogP contribution in [0.15, 0.2) is 6.20 Å². The Labute approximate surface area is 94.6 Å². The molecule has 0 aliphatic rings. The highest BCUT2D eigenvalue weighted by Crippen LogP contribution is 2.29. The molecule has 3 nitrogen and oxygen atoms in total. The summed E-state index contributed by atoms with van der Waals surface area (Å²) < 4.78 is 52.4. The summed E-state index contributed by atoms with van der Waals surface area (Å²) in [5.41, 5.74) is 0.216. The Balaban J connectivity index is 3.22. The summed E-state index contributed by atoms with van der Waals surface area (Å²) in [6.07, 6.45) is -4.38. The van der Waals surface area contributed by atoms with Crippen molar-refractivity contribution in [2.45, 2.75) is 26.4 Å². The third-order valence-corrected chi connectivity index (χ3v) is 2.13. The summed E-state index contributed by atoms with van der Waals surface area (Å²) in [7, 11) is 0. The van der Waals surface area contributed by atoms with Gasteiger partial charge in [0.05, 0.1) is 24.4 Å². The second-order valence-corrected chi connectivity index (χ2v) is 3.19. The average Bonchev–Trinajstić information content (AvgIpc) is 2.22. The quantitative estimate of drug-likeness (QED) is 0.772. The molecule has 0 atom stereocenters. The SMILES string of the molecule is Cc1c(CF)ncc(OC(F)(F)F)c1CC#N. The van der Waals surface area contributed by atoms with Crippen LogP contribution in [0.5, 0.6) is 5.75 Å². The van der Waals surface area contributed by atoms with Crippen LogP contribution in [0, 0.1) is 18.3 Å². The minimum Gasteiger partial charge on any atom is -0.404 e. The third-order valence-electron chi connectivity index (χ3n) is 2.13. The zero-order chi connectivity index (χ0) is 13.1. The third kappa shape index (κ3) is 3.31. The lowest BCUT2D eigenvalue weighted by molar-refractivity contribution is -0.275. The minimum absolute atomic E-state index is 0.00442. The van der Waals surface area contributed by atoms with Gasteiger partial charge in [-0.1, -0.05) is 0 Å². The molecule has 92 valence electrons. The van der Waals surface area contributed by atoms with Crippen molar-refractivity contribution in [3.05, 3.63) is 23.0 Å². The van der Waals surface area contributed by atoms with Crippen LogP contribution in [0.1, 0.15) is 16.8 Å². The first-order chi connectivity index (χ1) is 7.89. The smallest absolute Gasteiger partial charge is 0.404 e. The van der Waals surface area contributed by atoms with Crippen LogP contribution >= 0.6 is 0 Å². The lowest BCUT2D eigenvalue weighted by Crippen LogP contribution is -2.19. The number of aromatic nitrogens is 1. The van der Waals surface area contributed by atoms with Crippen molar-refractivity contribution in [2.75, 3.05) is 0 Å². The molecule has 0 unspecified atom stereocenters. The van der Waals surface area contributed by atoms with E-state index in [1.165, 1.54) is 6.92 Å². The van der Waals surface area contributed by atoms with Gasteiger partial charge in [0.15, 0.2) is 5.75 Å². The minimum atomic E-state index is -4.87. The van der Waals surface area contributed by atoms with E-state index < -0.39 is 18.8 Å². The van der Waals surface area contributed by atoms with Gasteiger partial charge in [-0.3, -0.25) is 4.98 Å². The zero-order valence-electron chi connectivity index (χ0n) is 8.81. The van der Waals surface area contributed by atoms with Gasteiger partial charge in [0, 0.05) is 5.56 Å². The van der Waals surface area contributed by atoms with Crippen LogP contribution in [0.3, 0.4) is 0 Å². The first-order valence-corrected chi connectivity index (χ1v) is 4.55. The Kier molecular flexibility index (Phi) is 3.89. The van der Waals surface area contributed by atoms with E-state index in [1.807, 2.05) is 0 Å². The molecule has 0 aliphatic carbocycles. The van der Waals surface area contributed by atoms with Crippen LogP contribution in [0.2, 0.25) is 0 Å². The maximum absolute atomic E-state index is 12.5. The lowest BCUT2D eigenvalue weighted by atomic mass is 10.1. The highest BCUT2D eigenvalue weighted by molar-refractivity contribution is 5.41. The van der Waals surface area contributed by atoms with Crippen molar-refractivity contribution in [1.29, 1.82) is 5.26 Å². The highest BCUT2D eigenvalue weighted by Gasteiger charge is 2.32. The van der Waals surface area contributed by atoms with E-state index in [1.54, 1.807) is 6.07 Å². The molecular formula is C10H8F4N2O. The zero-order valence-corrected chi connectivity index (χ0v) is 8.81. The van der Waals surface area contributed by atoms with E-state index in [-0.39, 0.29) is 23.2 Å². The van der Waals surface area contributed by atoms with Crippen molar-refractivity contribution >= 4 is 0 Å². The van der Waals surface area contributed by atoms with Crippen LogP contribution in [0.25, 0.3) is 0 Å². The standard InChI is InChI=1S/C10H8F4N2O/c1-6-7(2-3-15)9(17-10(12,13)14)5-16-8(6)4-11/h5H,2,4H2,1H3. The summed E-state index contributed by atoms with van der Waals surface area (Å²) in [4.78, 5) is 3.51. The molecule has 0 saturated carbocycles. The Hall–Kier alpha value is -1.84. The average molecular weight is 248 g/mol. The lowest BCUT2D eigenvalue weighted by Gasteiger charge is -2.14. The van der Waals surface area contributed by atoms with E-state index >= 15 is 0 Å². The molecule has 1 heterocycles. The predicted octanol–water partition coefficient (Wildman–Crippen LogP) is 2.82. The summed E-state index contributed by atoms with van der Waals surface area (Å²) in [6, 6.07) is 1.70. The monoisotopic (exact) mass is 248 g/mol. The molecule has 0 amide bonds. The summed E-state index contributed by atoms with van der Waals surface area (Å²) >= 11 is 0. The number of nitriles is 1. The van der Waals surface area contributed by atoms with E-state index in [2.05, 4.69) is 9.72 Å². The van der Waals surface area contributed by atoms with Gasteiger partial charge in [-0.15, -0.1) is 13.2 Å². The molecule has 0 spiro atoms. The first kappa shape index (κ1) is 13.2. The predicted molar refractivity (Wildman–Crippen MR) is 49.8 cm³/mol. The van der Waals surface area contributed by atoms with E-state index in [9.17, 15) is 17.6 Å². The number of rotatable bonds is 3. The van der Waals surface area contributed by atoms with E-state index in [0.717, 1.165) is 6.20 Å². The Morgan fingerprint density at radius 1 is 1.47 bits per heavy atom. The van der Waals surface area contributed by atoms with Crippen molar-refractivity contribution in [1.82, 2.24) is 4.98 Å². The van der Waals surface area contributed by atoms with Gasteiger partial charge < -0.3 is 4.74 Å². The van der Waals surface area contributed by atoms with Crippen molar-refractivity contribution in [3.8, 4) is 11.8 Å². The topological polar surface area (TPSA) is 45.9 Å². The van der Waals surface area contributed by atoms with Crippen molar-refractivity contribution in [2.24, 2.45) is 0 Å². The van der Waals surface area contributed by atoms with Gasteiger partial charge in [-0.05, 0) is 12.5 Å². The van der Waals surface area contributed by atoms with Gasteiger partial charge in [-0.2, -0.15) is 5.26 Å². The van der Waals surface area contributed by atoms with Gasteiger partial charge >= 0.3 is 6.36 Å². The number of nitrogens with zero attached hydrogens (tertiary/aromatic N) is 2. The van der Waals surface area contributed by atoms with Gasteiger partial charge in [-0.25, -0.2) is 4.39 Å². The Bertz CT molecular complexity index is 451. The van der Waals surface area contributed by atoms with E-state index in [0.29, 0.717) is 0 Å². The van der Waals surface area contributed by atoms with Gasteiger partial charge in [0.1, 0.15) is 6.67 Å². The largest absolute Gasteiger partial charge is 0.573 e. The molecule has 0 radical (unpaired) electrons. The fraction of sp³-hybridized carbons (Fsp3) is 0.400. The molecule has 1 aromatic heterocycles. The number of alkyl halides is 4. The van der Waals surface area contributed by atoms with E-state index in [4.69, 9.17) is 5.26 Å². The number of hydrogen-bond acceptors (Lipinski definition) is 3. The van der Waals surface area contributed by atoms with Crippen LogP contribution in [-0.4, -0.2) is 11.3 Å². The molecule has 0 bridgehead atoms. The Morgan fingerprint density at radius 3 is 2.59 bits per heavy atom. The van der Waals surface area contributed by atoms with Gasteiger partial charge in [0.25, 0.3) is 0 Å². The normalized spacial score (nSPS) is 11.1. The maximum atomic E-state index is 12.5. The van der Waals surface area contributed by atoms with Crippen LogP contribution < -0.4 is 4.74 Å². The molecule has 0 aromatic carbocycles. The summed E-state index contributed by atoms with van der Waals surface area (Å²) in [6.45, 7) is 0.494. The van der Waals surface area contributed by atoms with Crippen molar-refractivity contribution < 1.29 is 22.3 Å². The van der Waals surface area contributed by atoms with Gasteiger partial charge in [0.2, 0.25) is 0 Å². The van der Waals surface area contributed by atoms with Crippen molar-refractivity contribution in [3.63, 3.8) is 0 Å². The molecule has 7 heteroatoms. The fourth-order valence-corrected chi connectivity index (χ4v) is 1.32. The first-order valence-electron chi connectivity index (χ1n) is 4.55. The number of hydrogen-bond donors (Lipinski definition) is 0. The maximum Gasteiger partial charge on any atom is 0.573 e. The highest BCUT2D eigenvalue weighted by atomic mass is 19.4. The second-order valence-electron chi connectivity index (χ2n) is 3.19. The number of pyridine rings is 1. The second kappa shape index (κ2) is 4.99. The molecule has 0 saturated heterocycles. The summed E-state index contributed by atoms with van der Waals surface area (Å²) in [5.74, 6) is -0.561. The number of halogens is 4. The molecule has 17 heavy (non-hydrogen) atoms. The molecular weight excluding hydrogens is 240 g/mol. The molecule has 1 aromatic rings. The molecule has 1 rings (SSSR count).